The summed E-state index contributed by atoms with van der Waals surface area (Å²) in [5, 5.41) is 0. The van der Waals surface area contributed by atoms with Gasteiger partial charge in [0.05, 0.1) is 16.2 Å². The molecule has 16 aromatic rings. The number of ether oxygens (including phenoxy) is 2. The Kier molecular flexibility index (Phi) is 16.4. The van der Waals surface area contributed by atoms with Crippen molar-refractivity contribution in [1.29, 1.82) is 0 Å². The molecule has 16 aromatic carbocycles. The van der Waals surface area contributed by atoms with E-state index >= 15 is 35.1 Å². The molecule has 2 atom stereocenters. The van der Waals surface area contributed by atoms with Gasteiger partial charge in [0.1, 0.15) is 57.6 Å². The van der Waals surface area contributed by atoms with Crippen molar-refractivity contribution in [1.82, 2.24) is 0 Å². The van der Waals surface area contributed by atoms with Crippen LogP contribution < -0.4 is 19.3 Å². The molecule has 12 heteroatoms. The fourth-order valence-corrected chi connectivity index (χ4v) is 18.6. The van der Waals surface area contributed by atoms with E-state index in [2.05, 4.69) is 13.2 Å². The second kappa shape index (κ2) is 27.0. The minimum Gasteiger partial charge on any atom is -0.457 e. The summed E-state index contributed by atoms with van der Waals surface area (Å²) in [6.45, 7) is 7.76. The van der Waals surface area contributed by atoms with Gasteiger partial charge in [0.25, 0.3) is 0 Å². The predicted molar refractivity (Wildman–Crippen MR) is 440 cm³/mol. The first kappa shape index (κ1) is 69.8. The Morgan fingerprint density at radius 3 is 0.774 bits per heavy atom. The van der Waals surface area contributed by atoms with Gasteiger partial charge in [-0.2, -0.15) is 0 Å². The van der Waals surface area contributed by atoms with Crippen LogP contribution in [-0.2, 0) is 16.2 Å². The average molecular weight is 1510 g/mol. The fourth-order valence-electron chi connectivity index (χ4n) is 18.6. The molecule has 0 N–H and O–H groups in total. The van der Waals surface area contributed by atoms with E-state index in [1.807, 2.05) is 243 Å². The molecule has 0 aliphatic heterocycles. The molecule has 2 unspecified atom stereocenters. The Labute approximate surface area is 658 Å². The van der Waals surface area contributed by atoms with Crippen molar-refractivity contribution in [2.24, 2.45) is 0 Å². The Morgan fingerprint density at radius 1 is 0.235 bits per heavy atom. The van der Waals surface area contributed by atoms with Crippen molar-refractivity contribution in [3.05, 3.63) is 477 Å². The summed E-state index contributed by atoms with van der Waals surface area (Å²) < 4.78 is 147. The lowest BCUT2D eigenvalue weighted by Crippen LogP contribution is -2.29. The molecule has 4 aliphatic rings. The summed E-state index contributed by atoms with van der Waals surface area (Å²) in [6.07, 6.45) is 3.49. The van der Waals surface area contributed by atoms with Crippen LogP contribution in [-0.4, -0.2) is 0 Å². The van der Waals surface area contributed by atoms with Crippen LogP contribution in [0.3, 0.4) is 0 Å². The van der Waals surface area contributed by atoms with Crippen molar-refractivity contribution in [3.63, 3.8) is 0 Å². The Morgan fingerprint density at radius 2 is 0.478 bits per heavy atom. The number of rotatable bonds is 16. The largest absolute Gasteiger partial charge is 0.457 e. The zero-order valence-electron chi connectivity index (χ0n) is 61.1. The van der Waals surface area contributed by atoms with Crippen molar-refractivity contribution < 1.29 is 44.6 Å². The molecule has 0 radical (unpaired) electrons. The molecule has 4 nitrogen and oxygen atoms in total. The first-order chi connectivity index (χ1) is 56.2. The van der Waals surface area contributed by atoms with Gasteiger partial charge in [-0.25, -0.2) is 35.1 Å². The Balaban J connectivity index is 0.786. The number of anilines is 6. The zero-order valence-corrected chi connectivity index (χ0v) is 61.1. The van der Waals surface area contributed by atoms with Crippen molar-refractivity contribution in [3.8, 4) is 67.5 Å². The highest BCUT2D eigenvalue weighted by atomic mass is 19.2. The topological polar surface area (TPSA) is 24.9 Å². The van der Waals surface area contributed by atoms with Gasteiger partial charge in [0, 0.05) is 22.7 Å². The molecule has 20 rings (SSSR count). The lowest BCUT2D eigenvalue weighted by Gasteiger charge is -2.36. The van der Waals surface area contributed by atoms with Crippen LogP contribution in [0.25, 0.3) is 56.7 Å². The smallest absolute Gasteiger partial charge is 0.185 e. The number of fused-ring (bicyclic) bond motifs is 16. The lowest BCUT2D eigenvalue weighted by atomic mass is 9.67. The van der Waals surface area contributed by atoms with Crippen LogP contribution in [0.5, 0.6) is 23.0 Å². The SMILES string of the molecule is C=Cc1ccc(Oc2ccc(C3(c4ccc(F)cc4)c4ccccc4-c4ccc(N(c5ccc6c(c5)C5(c7ccccc7-6)c6ccccc6-c6ccc(N(c7ccc8c(c7)C(c7ccc(F)cc7)(c7ccc(Oc9ccc(C=C)cc9)cc7)c7ccccc7-8)c7c(F)ccc(F)c7F)cc65)c5c(F)ccc(F)c5F)cc43)cc2)cc1. The summed E-state index contributed by atoms with van der Waals surface area (Å²) in [4.78, 5) is 2.80. The molecule has 0 aromatic heterocycles. The Hall–Kier alpha value is -14.4. The summed E-state index contributed by atoms with van der Waals surface area (Å²) in [6, 6.07) is 99.9. The molecule has 0 fully saturated rings. The molecule has 0 saturated carbocycles. The summed E-state index contributed by atoms with van der Waals surface area (Å²) in [5.74, 6) is -6.32. The fraction of sp³-hybridized carbons (Fsp3) is 0.0291. The van der Waals surface area contributed by atoms with E-state index in [1.165, 1.54) is 34.1 Å². The number of benzene rings is 16. The standard InChI is InChI=1S/C103H62F8N2O2/c1-3-61-21-41-73(42-22-61)114-75-45-29-65(30-46-75)101(63-25-33-67(104)34-26-63)85-17-9-5-13-77(85)81-49-37-69(57-89(81)101)112(99-95(108)55-53-93(106)97(99)110)71-39-51-83-79-15-7-11-19-87(79)103(91(83)59-71)88-20-12-8-16-80(88)84-52-40-72(60-92(84)103)113(100-96(109)56-54-94(107)98(100)111)70-38-50-82-78-14-6-10-18-86(78)102(90(82)58-70,64-27-35-68(105)36-28-64)66-31-47-76(48-32-66)115-74-43-23-62(4-2)24-44-74/h3-60H,1-2H2. The Bertz CT molecular complexity index is 6280. The zero-order chi connectivity index (χ0) is 78.2. The maximum absolute atomic E-state index is 17.6. The van der Waals surface area contributed by atoms with E-state index in [1.54, 1.807) is 60.7 Å². The highest BCUT2D eigenvalue weighted by Gasteiger charge is 2.54. The first-order valence-corrected chi connectivity index (χ1v) is 37.6. The van der Waals surface area contributed by atoms with Crippen LogP contribution in [0.15, 0.2) is 353 Å². The highest BCUT2D eigenvalue weighted by Crippen LogP contribution is 2.66. The van der Waals surface area contributed by atoms with Crippen molar-refractivity contribution >= 4 is 46.3 Å². The monoisotopic (exact) mass is 1510 g/mol. The van der Waals surface area contributed by atoms with Crippen molar-refractivity contribution in [2.45, 2.75) is 16.2 Å². The van der Waals surface area contributed by atoms with E-state index in [0.29, 0.717) is 56.4 Å². The van der Waals surface area contributed by atoms with E-state index in [-0.39, 0.29) is 22.7 Å². The number of nitrogens with zero attached hydrogens (tertiary/aromatic N) is 2. The minimum absolute atomic E-state index is 0.219. The minimum atomic E-state index is -1.46. The van der Waals surface area contributed by atoms with E-state index in [4.69, 9.17) is 9.47 Å². The van der Waals surface area contributed by atoms with Gasteiger partial charge in [-0.3, -0.25) is 0 Å². The predicted octanol–water partition coefficient (Wildman–Crippen LogP) is 27.7. The number of hydrogen-bond acceptors (Lipinski definition) is 4. The normalized spacial score (nSPS) is 16.0. The molecular weight excluding hydrogens is 1450 g/mol. The van der Waals surface area contributed by atoms with Crippen LogP contribution >= 0.6 is 0 Å². The molecule has 0 saturated heterocycles. The summed E-state index contributed by atoms with van der Waals surface area (Å²) in [7, 11) is 0. The summed E-state index contributed by atoms with van der Waals surface area (Å²) in [5.41, 5.74) is 12.6. The van der Waals surface area contributed by atoms with Crippen LogP contribution in [0.1, 0.15) is 77.9 Å². The third-order valence-electron chi connectivity index (χ3n) is 23.5. The van der Waals surface area contributed by atoms with Gasteiger partial charge >= 0.3 is 0 Å². The van der Waals surface area contributed by atoms with Gasteiger partial charge in [-0.1, -0.05) is 219 Å². The van der Waals surface area contributed by atoms with Gasteiger partial charge in [-0.05, 0) is 268 Å². The maximum Gasteiger partial charge on any atom is 0.185 e. The van der Waals surface area contributed by atoms with Gasteiger partial charge in [0.15, 0.2) is 23.3 Å². The number of hydrogen-bond donors (Lipinski definition) is 0. The second-order valence-corrected chi connectivity index (χ2v) is 29.2. The van der Waals surface area contributed by atoms with Gasteiger partial charge in [-0.15, -0.1) is 0 Å². The van der Waals surface area contributed by atoms with E-state index < -0.39 is 74.2 Å². The van der Waals surface area contributed by atoms with Crippen LogP contribution in [0.4, 0.5) is 69.2 Å². The van der Waals surface area contributed by atoms with Gasteiger partial charge < -0.3 is 19.3 Å². The molecule has 115 heavy (non-hydrogen) atoms. The lowest BCUT2D eigenvalue weighted by molar-refractivity contribution is 0.482. The molecule has 552 valence electrons. The highest BCUT2D eigenvalue weighted by molar-refractivity contribution is 5.99. The molecule has 0 heterocycles. The molecule has 4 aliphatic carbocycles. The quantitative estimate of drug-likeness (QED) is 0.0711. The maximum atomic E-state index is 17.6. The molecule has 0 amide bonds. The van der Waals surface area contributed by atoms with Crippen LogP contribution in [0.2, 0.25) is 0 Å². The number of halogens is 8. The molecular formula is C103H62F8N2O2. The molecule has 0 bridgehead atoms. The third kappa shape index (κ3) is 10.6. The third-order valence-corrected chi connectivity index (χ3v) is 23.5. The van der Waals surface area contributed by atoms with E-state index in [0.717, 1.165) is 113 Å². The van der Waals surface area contributed by atoms with Crippen LogP contribution in [0, 0.1) is 46.5 Å². The average Bonchev–Trinajstić information content (AvgIpc) is 1.52. The van der Waals surface area contributed by atoms with Gasteiger partial charge in [0.2, 0.25) is 0 Å². The second-order valence-electron chi connectivity index (χ2n) is 29.2. The molecule has 1 spiro atoms. The van der Waals surface area contributed by atoms with Crippen molar-refractivity contribution in [2.75, 3.05) is 9.80 Å². The summed E-state index contributed by atoms with van der Waals surface area (Å²) >= 11 is 0. The van der Waals surface area contributed by atoms with E-state index in [9.17, 15) is 0 Å². The first-order valence-electron chi connectivity index (χ1n) is 37.6.